The van der Waals surface area contributed by atoms with E-state index in [1.807, 2.05) is 42.5 Å². The first kappa shape index (κ1) is 22.0. The van der Waals surface area contributed by atoms with Crippen molar-refractivity contribution < 1.29 is 4.74 Å². The average molecular weight is 442 g/mol. The van der Waals surface area contributed by atoms with Crippen LogP contribution >= 0.6 is 24.0 Å². The van der Waals surface area contributed by atoms with E-state index < -0.39 is 0 Å². The number of hydrogen-bond donors (Lipinski definition) is 1. The summed E-state index contributed by atoms with van der Waals surface area (Å²) in [6, 6.07) is 26.1. The van der Waals surface area contributed by atoms with Gasteiger partial charge in [0.05, 0.1) is 17.6 Å². The van der Waals surface area contributed by atoms with E-state index in [9.17, 15) is 0 Å². The molecule has 0 unspecified atom stereocenters. The van der Waals surface area contributed by atoms with Gasteiger partial charge in [0.2, 0.25) is 5.62 Å². The SMILES string of the molecule is Cl.N=c1n(CCCOc2ccc(Cl)cc2)c2ccccc2n1CCc1ccccc1. The third-order valence-electron chi connectivity index (χ3n) is 5.05. The smallest absolute Gasteiger partial charge is 0.203 e. The molecule has 6 heteroatoms. The van der Waals surface area contributed by atoms with Crippen LogP contribution in [0.4, 0.5) is 0 Å². The van der Waals surface area contributed by atoms with Crippen molar-refractivity contribution in [1.82, 2.24) is 9.13 Å². The Morgan fingerprint density at radius 1 is 0.767 bits per heavy atom. The summed E-state index contributed by atoms with van der Waals surface area (Å²) in [4.78, 5) is 0. The molecule has 0 saturated carbocycles. The number of nitrogens with zero attached hydrogens (tertiary/aromatic N) is 2. The number of para-hydroxylation sites is 2. The standard InChI is InChI=1S/C24H24ClN3O.ClH/c25-20-11-13-21(14-12-20)29-18-6-16-27-22-9-4-5-10-23(22)28(24(27)26)17-15-19-7-2-1-3-8-19;/h1-5,7-14,26H,6,15-18H2;1H. The summed E-state index contributed by atoms with van der Waals surface area (Å²) >= 11 is 5.91. The minimum atomic E-state index is 0. The summed E-state index contributed by atoms with van der Waals surface area (Å²) < 4.78 is 9.98. The largest absolute Gasteiger partial charge is 0.494 e. The Morgan fingerprint density at radius 2 is 1.37 bits per heavy atom. The van der Waals surface area contributed by atoms with Crippen LogP contribution < -0.4 is 10.4 Å². The van der Waals surface area contributed by atoms with E-state index in [0.29, 0.717) is 17.2 Å². The van der Waals surface area contributed by atoms with E-state index in [4.69, 9.17) is 21.7 Å². The van der Waals surface area contributed by atoms with E-state index >= 15 is 0 Å². The molecule has 1 aromatic heterocycles. The fraction of sp³-hybridized carbons (Fsp3) is 0.208. The van der Waals surface area contributed by atoms with Gasteiger partial charge in [-0.25, -0.2) is 0 Å². The van der Waals surface area contributed by atoms with E-state index in [2.05, 4.69) is 45.5 Å². The number of nitrogens with one attached hydrogen (secondary N) is 1. The Bertz CT molecular complexity index is 1130. The van der Waals surface area contributed by atoms with Crippen LogP contribution in [0.3, 0.4) is 0 Å². The van der Waals surface area contributed by atoms with Crippen LogP contribution in [0.5, 0.6) is 5.75 Å². The summed E-state index contributed by atoms with van der Waals surface area (Å²) in [6.45, 7) is 2.13. The highest BCUT2D eigenvalue weighted by molar-refractivity contribution is 6.30. The molecule has 4 nitrogen and oxygen atoms in total. The fourth-order valence-electron chi connectivity index (χ4n) is 3.58. The average Bonchev–Trinajstić information content (AvgIpc) is 3.02. The molecule has 0 aliphatic carbocycles. The van der Waals surface area contributed by atoms with Gasteiger partial charge in [-0.3, -0.25) is 5.41 Å². The van der Waals surface area contributed by atoms with Crippen molar-refractivity contribution in [2.24, 2.45) is 0 Å². The van der Waals surface area contributed by atoms with Crippen LogP contribution in [0.2, 0.25) is 5.02 Å². The van der Waals surface area contributed by atoms with Gasteiger partial charge in [-0.2, -0.15) is 0 Å². The van der Waals surface area contributed by atoms with Crippen LogP contribution in [0.15, 0.2) is 78.9 Å². The number of aromatic nitrogens is 2. The first-order chi connectivity index (χ1) is 14.2. The van der Waals surface area contributed by atoms with Crippen LogP contribution in [0.25, 0.3) is 11.0 Å². The normalized spacial score (nSPS) is 10.7. The lowest BCUT2D eigenvalue weighted by atomic mass is 10.1. The van der Waals surface area contributed by atoms with Crippen LogP contribution in [-0.4, -0.2) is 15.7 Å². The molecule has 0 fully saturated rings. The molecule has 0 bridgehead atoms. The van der Waals surface area contributed by atoms with Crippen molar-refractivity contribution in [1.29, 1.82) is 5.41 Å². The molecule has 0 aliphatic rings. The Morgan fingerprint density at radius 3 is 2.03 bits per heavy atom. The highest BCUT2D eigenvalue weighted by atomic mass is 35.5. The van der Waals surface area contributed by atoms with Gasteiger partial charge in [0.1, 0.15) is 5.75 Å². The maximum absolute atomic E-state index is 8.73. The zero-order chi connectivity index (χ0) is 20.1. The molecule has 0 saturated heterocycles. The molecular weight excluding hydrogens is 417 g/mol. The van der Waals surface area contributed by atoms with E-state index in [1.54, 1.807) is 0 Å². The second kappa shape index (κ2) is 10.4. The molecule has 1 N–H and O–H groups in total. The van der Waals surface area contributed by atoms with Crippen LogP contribution in [-0.2, 0) is 19.5 Å². The van der Waals surface area contributed by atoms with Crippen molar-refractivity contribution in [3.63, 3.8) is 0 Å². The second-order valence-electron chi connectivity index (χ2n) is 7.01. The first-order valence-electron chi connectivity index (χ1n) is 9.87. The molecule has 4 rings (SSSR count). The van der Waals surface area contributed by atoms with Crippen LogP contribution in [0, 0.1) is 5.41 Å². The third-order valence-corrected chi connectivity index (χ3v) is 5.30. The number of hydrogen-bond acceptors (Lipinski definition) is 2. The Labute approximate surface area is 187 Å². The summed E-state index contributed by atoms with van der Waals surface area (Å²) in [7, 11) is 0. The van der Waals surface area contributed by atoms with Crippen molar-refractivity contribution in [2.75, 3.05) is 6.61 Å². The Balaban J connectivity index is 0.00000256. The van der Waals surface area contributed by atoms with Gasteiger partial charge >= 0.3 is 0 Å². The minimum absolute atomic E-state index is 0. The van der Waals surface area contributed by atoms with Crippen LogP contribution in [0.1, 0.15) is 12.0 Å². The lowest BCUT2D eigenvalue weighted by Gasteiger charge is -2.08. The number of benzene rings is 3. The molecule has 4 aromatic rings. The second-order valence-corrected chi connectivity index (χ2v) is 7.44. The molecule has 156 valence electrons. The summed E-state index contributed by atoms with van der Waals surface area (Å²) in [5.74, 6) is 0.816. The number of rotatable bonds is 8. The van der Waals surface area contributed by atoms with Gasteiger partial charge in [0.25, 0.3) is 0 Å². The number of ether oxygens (including phenoxy) is 1. The van der Waals surface area contributed by atoms with E-state index in [-0.39, 0.29) is 12.4 Å². The highest BCUT2D eigenvalue weighted by Gasteiger charge is 2.10. The molecule has 0 aliphatic heterocycles. The predicted octanol–water partition coefficient (Wildman–Crippen LogP) is 5.71. The molecule has 0 spiro atoms. The van der Waals surface area contributed by atoms with Crippen molar-refractivity contribution in [3.8, 4) is 5.75 Å². The van der Waals surface area contributed by atoms with Gasteiger partial charge in [-0.05, 0) is 54.8 Å². The quantitative estimate of drug-likeness (QED) is 0.349. The maximum atomic E-state index is 8.73. The topological polar surface area (TPSA) is 42.9 Å². The number of imidazole rings is 1. The molecule has 0 atom stereocenters. The summed E-state index contributed by atoms with van der Waals surface area (Å²) in [6.07, 6.45) is 1.73. The molecule has 30 heavy (non-hydrogen) atoms. The lowest BCUT2D eigenvalue weighted by Crippen LogP contribution is -2.26. The number of halogens is 2. The third kappa shape index (κ3) is 5.07. The Kier molecular flexibility index (Phi) is 7.61. The molecule has 3 aromatic carbocycles. The summed E-state index contributed by atoms with van der Waals surface area (Å²) in [5, 5.41) is 9.44. The minimum Gasteiger partial charge on any atom is -0.494 e. The molecule has 1 heterocycles. The zero-order valence-electron chi connectivity index (χ0n) is 16.6. The van der Waals surface area contributed by atoms with Gasteiger partial charge < -0.3 is 13.9 Å². The van der Waals surface area contributed by atoms with Crippen molar-refractivity contribution in [3.05, 3.63) is 95.1 Å². The predicted molar refractivity (Wildman–Crippen MR) is 125 cm³/mol. The fourth-order valence-corrected chi connectivity index (χ4v) is 3.70. The lowest BCUT2D eigenvalue weighted by molar-refractivity contribution is 0.301. The molecule has 0 amide bonds. The monoisotopic (exact) mass is 441 g/mol. The van der Waals surface area contributed by atoms with E-state index in [1.165, 1.54) is 5.56 Å². The first-order valence-corrected chi connectivity index (χ1v) is 10.2. The van der Waals surface area contributed by atoms with Crippen molar-refractivity contribution in [2.45, 2.75) is 25.9 Å². The number of aryl methyl sites for hydroxylation is 3. The highest BCUT2D eigenvalue weighted by Crippen LogP contribution is 2.17. The number of fused-ring (bicyclic) bond motifs is 1. The van der Waals surface area contributed by atoms with Gasteiger partial charge in [-0.1, -0.05) is 54.1 Å². The Hall–Kier alpha value is -2.69. The summed E-state index contributed by atoms with van der Waals surface area (Å²) in [5.41, 5.74) is 4.02. The van der Waals surface area contributed by atoms with E-state index in [0.717, 1.165) is 42.7 Å². The molecule has 0 radical (unpaired) electrons. The van der Waals surface area contributed by atoms with Crippen molar-refractivity contribution >= 4 is 35.0 Å². The van der Waals surface area contributed by atoms with Gasteiger partial charge in [0.15, 0.2) is 0 Å². The van der Waals surface area contributed by atoms with Gasteiger partial charge in [-0.15, -0.1) is 12.4 Å². The molecular formula is C24H25Cl2N3O. The maximum Gasteiger partial charge on any atom is 0.203 e. The van der Waals surface area contributed by atoms with Gasteiger partial charge in [0, 0.05) is 18.1 Å². The zero-order valence-corrected chi connectivity index (χ0v) is 18.2.